The Labute approximate surface area is 275 Å². The van der Waals surface area contributed by atoms with Gasteiger partial charge in [-0.25, -0.2) is 4.39 Å². The van der Waals surface area contributed by atoms with Crippen LogP contribution >= 0.6 is 0 Å². The summed E-state index contributed by atoms with van der Waals surface area (Å²) in [5, 5.41) is 24.5. The molecule has 0 saturated carbocycles. The standard InChI is InChI=1S/C37H43FN4O5/c1-23(2)42-31(17-16-29(43)18-30(44)19-32(45)47-37(4,5)6)33(26-12-14-27(38)15-13-26)34(25-10-8-7-9-11-25)35(42)36(46)41-22-28-21-39-24(3)20-40-28/h7-17,20-21,23,29-30,43-44H,18-19,22H2,1-6H3,(H,41,46)/b17-16-/t29-,30-/m1/s1. The number of hydrogen-bond acceptors (Lipinski definition) is 7. The average molecular weight is 643 g/mol. The molecule has 2 aromatic heterocycles. The number of nitrogens with one attached hydrogen (secondary N) is 1. The molecule has 47 heavy (non-hydrogen) atoms. The van der Waals surface area contributed by atoms with E-state index in [0.717, 1.165) is 11.3 Å². The fraction of sp³-hybridized carbons (Fsp3) is 0.351. The number of halogens is 1. The van der Waals surface area contributed by atoms with Gasteiger partial charge in [-0.15, -0.1) is 0 Å². The lowest BCUT2D eigenvalue weighted by molar-refractivity contribution is -0.157. The Kier molecular flexibility index (Phi) is 11.4. The van der Waals surface area contributed by atoms with E-state index < -0.39 is 29.6 Å². The van der Waals surface area contributed by atoms with Crippen molar-refractivity contribution in [1.29, 1.82) is 0 Å². The molecule has 1 amide bonds. The van der Waals surface area contributed by atoms with Gasteiger partial charge in [0.15, 0.2) is 0 Å². The quantitative estimate of drug-likeness (QED) is 0.152. The van der Waals surface area contributed by atoms with Gasteiger partial charge in [0, 0.05) is 35.5 Å². The van der Waals surface area contributed by atoms with Crippen molar-refractivity contribution in [3.05, 3.63) is 102 Å². The molecule has 0 fully saturated rings. The third-order valence-corrected chi connectivity index (χ3v) is 7.25. The van der Waals surface area contributed by atoms with Crippen LogP contribution in [-0.2, 0) is 16.1 Å². The predicted molar refractivity (Wildman–Crippen MR) is 180 cm³/mol. The number of benzene rings is 2. The molecule has 2 heterocycles. The zero-order valence-electron chi connectivity index (χ0n) is 27.7. The number of aromatic nitrogens is 3. The lowest BCUT2D eigenvalue weighted by atomic mass is 9.94. The highest BCUT2D eigenvalue weighted by atomic mass is 19.1. The van der Waals surface area contributed by atoms with Gasteiger partial charge in [0.05, 0.1) is 42.8 Å². The molecular formula is C37H43FN4O5. The Morgan fingerprint density at radius 3 is 2.23 bits per heavy atom. The molecule has 0 aliphatic rings. The molecule has 3 N–H and O–H groups in total. The fourth-order valence-electron chi connectivity index (χ4n) is 5.31. The summed E-state index contributed by atoms with van der Waals surface area (Å²) >= 11 is 0. The Bertz CT molecular complexity index is 1690. The molecule has 0 unspecified atom stereocenters. The minimum Gasteiger partial charge on any atom is -0.460 e. The average Bonchev–Trinajstić information content (AvgIpc) is 3.35. The van der Waals surface area contributed by atoms with E-state index in [0.29, 0.717) is 33.8 Å². The van der Waals surface area contributed by atoms with Gasteiger partial charge in [-0.2, -0.15) is 0 Å². The molecule has 0 aliphatic carbocycles. The lowest BCUT2D eigenvalue weighted by Crippen LogP contribution is -2.28. The van der Waals surface area contributed by atoms with Crippen LogP contribution in [0.2, 0.25) is 0 Å². The van der Waals surface area contributed by atoms with Crippen molar-refractivity contribution in [1.82, 2.24) is 19.9 Å². The second-order valence-corrected chi connectivity index (χ2v) is 12.8. The van der Waals surface area contributed by atoms with Crippen molar-refractivity contribution in [3.8, 4) is 22.3 Å². The Hall–Kier alpha value is -4.67. The predicted octanol–water partition coefficient (Wildman–Crippen LogP) is 6.43. The van der Waals surface area contributed by atoms with Crippen LogP contribution in [-0.4, -0.2) is 54.4 Å². The molecule has 4 rings (SSSR count). The maximum Gasteiger partial charge on any atom is 0.308 e. The van der Waals surface area contributed by atoms with E-state index >= 15 is 0 Å². The fourth-order valence-corrected chi connectivity index (χ4v) is 5.31. The number of aryl methyl sites for hydroxylation is 1. The number of aliphatic hydroxyl groups excluding tert-OH is 2. The number of aliphatic hydroxyl groups is 2. The number of rotatable bonds is 12. The van der Waals surface area contributed by atoms with Crippen LogP contribution in [0.3, 0.4) is 0 Å². The number of nitrogens with zero attached hydrogens (tertiary/aromatic N) is 3. The number of hydrogen-bond donors (Lipinski definition) is 3. The van der Waals surface area contributed by atoms with Crippen molar-refractivity contribution < 1.29 is 28.9 Å². The van der Waals surface area contributed by atoms with E-state index in [1.165, 1.54) is 18.2 Å². The monoisotopic (exact) mass is 642 g/mol. The van der Waals surface area contributed by atoms with Gasteiger partial charge in [-0.3, -0.25) is 19.6 Å². The van der Waals surface area contributed by atoms with Gasteiger partial charge in [-0.1, -0.05) is 48.5 Å². The summed E-state index contributed by atoms with van der Waals surface area (Å²) in [6.07, 6.45) is 3.85. The Morgan fingerprint density at radius 2 is 1.64 bits per heavy atom. The van der Waals surface area contributed by atoms with Crippen LogP contribution in [0.5, 0.6) is 0 Å². The molecule has 4 aromatic rings. The van der Waals surface area contributed by atoms with Crippen molar-refractivity contribution in [2.45, 2.75) is 84.8 Å². The second-order valence-electron chi connectivity index (χ2n) is 12.8. The van der Waals surface area contributed by atoms with Crippen LogP contribution < -0.4 is 5.32 Å². The number of carbonyl (C=O) groups excluding carboxylic acids is 2. The molecule has 2 aromatic carbocycles. The maximum atomic E-state index is 14.2. The summed E-state index contributed by atoms with van der Waals surface area (Å²) in [6.45, 7) is 11.1. The van der Waals surface area contributed by atoms with Crippen LogP contribution in [0.1, 0.15) is 81.1 Å². The smallest absolute Gasteiger partial charge is 0.308 e. The summed E-state index contributed by atoms with van der Waals surface area (Å²) in [6, 6.07) is 15.3. The summed E-state index contributed by atoms with van der Waals surface area (Å²) in [5.74, 6) is -1.31. The molecule has 0 aliphatic heterocycles. The minimum absolute atomic E-state index is 0.111. The third-order valence-electron chi connectivity index (χ3n) is 7.25. The largest absolute Gasteiger partial charge is 0.460 e. The molecule has 0 spiro atoms. The number of ether oxygens (including phenoxy) is 1. The van der Waals surface area contributed by atoms with Gasteiger partial charge in [0.2, 0.25) is 0 Å². The normalized spacial score (nSPS) is 13.1. The highest BCUT2D eigenvalue weighted by Crippen LogP contribution is 2.42. The highest BCUT2D eigenvalue weighted by Gasteiger charge is 2.29. The molecule has 0 saturated heterocycles. The third kappa shape index (κ3) is 9.43. The van der Waals surface area contributed by atoms with Gasteiger partial charge in [0.1, 0.15) is 17.1 Å². The molecular weight excluding hydrogens is 599 g/mol. The Balaban J connectivity index is 1.81. The second kappa shape index (κ2) is 15.3. The zero-order chi connectivity index (χ0) is 34.3. The summed E-state index contributed by atoms with van der Waals surface area (Å²) in [7, 11) is 0. The topological polar surface area (TPSA) is 127 Å². The first-order chi connectivity index (χ1) is 22.2. The van der Waals surface area contributed by atoms with Crippen LogP contribution in [0.25, 0.3) is 28.3 Å². The molecule has 0 bridgehead atoms. The van der Waals surface area contributed by atoms with E-state index in [9.17, 15) is 24.2 Å². The first-order valence-corrected chi connectivity index (χ1v) is 15.6. The van der Waals surface area contributed by atoms with E-state index in [2.05, 4.69) is 15.3 Å². The molecule has 2 atom stereocenters. The number of amides is 1. The number of carbonyl (C=O) groups is 2. The molecule has 9 nitrogen and oxygen atoms in total. The molecule has 0 radical (unpaired) electrons. The van der Waals surface area contributed by atoms with Crippen molar-refractivity contribution >= 4 is 18.0 Å². The first-order valence-electron chi connectivity index (χ1n) is 15.6. The summed E-state index contributed by atoms with van der Waals surface area (Å²) in [4.78, 5) is 35.0. The minimum atomic E-state index is -1.14. The summed E-state index contributed by atoms with van der Waals surface area (Å²) < 4.78 is 21.3. The van der Waals surface area contributed by atoms with Gasteiger partial charge >= 0.3 is 5.97 Å². The lowest BCUT2D eigenvalue weighted by Gasteiger charge is -2.21. The maximum absolute atomic E-state index is 14.2. The van der Waals surface area contributed by atoms with E-state index in [-0.39, 0.29) is 31.3 Å². The van der Waals surface area contributed by atoms with Crippen LogP contribution in [0.15, 0.2) is 73.1 Å². The van der Waals surface area contributed by atoms with E-state index in [4.69, 9.17) is 4.74 Å². The van der Waals surface area contributed by atoms with Gasteiger partial charge < -0.3 is 24.8 Å². The summed E-state index contributed by atoms with van der Waals surface area (Å²) in [5.41, 5.74) is 4.40. The van der Waals surface area contributed by atoms with Crippen molar-refractivity contribution in [2.75, 3.05) is 0 Å². The van der Waals surface area contributed by atoms with E-state index in [1.54, 1.807) is 51.4 Å². The van der Waals surface area contributed by atoms with Crippen LogP contribution in [0, 0.1) is 12.7 Å². The van der Waals surface area contributed by atoms with E-state index in [1.807, 2.05) is 55.7 Å². The molecule has 10 heteroatoms. The van der Waals surface area contributed by atoms with Crippen molar-refractivity contribution in [3.63, 3.8) is 0 Å². The zero-order valence-corrected chi connectivity index (χ0v) is 27.7. The van der Waals surface area contributed by atoms with Gasteiger partial charge in [-0.05, 0) is 70.9 Å². The Morgan fingerprint density at radius 1 is 0.979 bits per heavy atom. The number of esters is 1. The highest BCUT2D eigenvalue weighted by molar-refractivity contribution is 6.06. The SMILES string of the molecule is Cc1cnc(CNC(=O)c2c(-c3ccccc3)c(-c3ccc(F)cc3)c(/C=C\[C@@H](O)C[C@@H](O)CC(=O)OC(C)(C)C)n2C(C)C)cn1. The first kappa shape index (κ1) is 35.2. The molecule has 248 valence electrons. The van der Waals surface area contributed by atoms with Crippen molar-refractivity contribution in [2.24, 2.45) is 0 Å². The van der Waals surface area contributed by atoms with Gasteiger partial charge in [0.25, 0.3) is 5.91 Å². The van der Waals surface area contributed by atoms with Crippen LogP contribution in [0.4, 0.5) is 4.39 Å².